The summed E-state index contributed by atoms with van der Waals surface area (Å²) in [7, 11) is 6.51. The molecule has 2 atom stereocenters. The third-order valence-corrected chi connectivity index (χ3v) is 12.5. The molecular formula is C44H48F2N6O6. The molecule has 0 bridgehead atoms. The van der Waals surface area contributed by atoms with Gasteiger partial charge in [-0.3, -0.25) is 38.6 Å². The van der Waals surface area contributed by atoms with E-state index in [1.54, 1.807) is 55.5 Å². The van der Waals surface area contributed by atoms with Crippen LogP contribution in [0.1, 0.15) is 53.1 Å². The van der Waals surface area contributed by atoms with Crippen LogP contribution in [0.15, 0.2) is 64.3 Å². The highest BCUT2D eigenvalue weighted by Crippen LogP contribution is 2.41. The summed E-state index contributed by atoms with van der Waals surface area (Å²) in [6.45, 7) is 4.87. The fourth-order valence-corrected chi connectivity index (χ4v) is 9.28. The first-order valence-electron chi connectivity index (χ1n) is 19.6. The van der Waals surface area contributed by atoms with Crippen LogP contribution in [0.4, 0.5) is 8.78 Å². The number of nitrogens with zero attached hydrogens (tertiary/aromatic N) is 5. The van der Waals surface area contributed by atoms with Crippen molar-refractivity contribution in [2.45, 2.75) is 70.6 Å². The van der Waals surface area contributed by atoms with Gasteiger partial charge in [-0.25, -0.2) is 13.6 Å². The molecule has 2 amide bonds. The Morgan fingerprint density at radius 2 is 1.59 bits per heavy atom. The number of aromatic nitrogens is 3. The number of benzene rings is 3. The van der Waals surface area contributed by atoms with Crippen LogP contribution in [0, 0.1) is 13.8 Å². The maximum absolute atomic E-state index is 16.2. The number of ether oxygens (including phenoxy) is 2. The molecule has 3 aliphatic heterocycles. The van der Waals surface area contributed by atoms with E-state index < -0.39 is 30.5 Å². The van der Waals surface area contributed by atoms with Crippen molar-refractivity contribution in [3.63, 3.8) is 0 Å². The van der Waals surface area contributed by atoms with Gasteiger partial charge < -0.3 is 14.0 Å². The molecule has 2 saturated heterocycles. The molecule has 2 fully saturated rings. The number of likely N-dealkylation sites (tertiary alicyclic amines) is 1. The number of para-hydroxylation sites is 1. The molecule has 5 heterocycles. The summed E-state index contributed by atoms with van der Waals surface area (Å²) in [6.07, 6.45) is 3.09. The van der Waals surface area contributed by atoms with E-state index >= 15 is 8.78 Å². The van der Waals surface area contributed by atoms with Gasteiger partial charge in [-0.2, -0.15) is 0 Å². The number of carbonyl (C=O) groups is 2. The summed E-state index contributed by atoms with van der Waals surface area (Å²) in [5.74, 6) is -2.74. The number of carbonyl (C=O) groups excluding carboxylic acids is 2. The maximum Gasteiger partial charge on any atom is 0.329 e. The van der Waals surface area contributed by atoms with Gasteiger partial charge in [0.25, 0.3) is 11.5 Å². The molecule has 0 saturated carbocycles. The number of aryl methyl sites for hydroxylation is 2. The molecule has 0 radical (unpaired) electrons. The minimum atomic E-state index is -2.98. The highest BCUT2D eigenvalue weighted by Gasteiger charge is 2.48. The predicted octanol–water partition coefficient (Wildman–Crippen LogP) is 5.25. The first kappa shape index (κ1) is 39.2. The number of rotatable bonds is 8. The van der Waals surface area contributed by atoms with Gasteiger partial charge in [0.1, 0.15) is 17.5 Å². The Morgan fingerprint density at radius 3 is 2.28 bits per heavy atom. The highest BCUT2D eigenvalue weighted by molar-refractivity contribution is 6.01. The zero-order valence-corrected chi connectivity index (χ0v) is 33.7. The standard InChI is InChI=1S/C44H48F2N6O6/c1-25-26(2)42(55)48(3)22-32(25)30-19-36(57-5)33(37(20-30)58-6)23-50-16-15-38(44(45,46)24-50)51-17-14-27-18-28(10-11-29(27)21-51)31-8-7-9-34-40(31)49(4)43(56)52(34)35-12-13-39(53)47-41(35)54/h7-11,18-20,22,35,38H,12-17,21,23-24H2,1-6H3,(H,47,53,54)/t35-,38-/m1/s1. The summed E-state index contributed by atoms with van der Waals surface area (Å²) >= 11 is 0. The predicted molar refractivity (Wildman–Crippen MR) is 216 cm³/mol. The Balaban J connectivity index is 0.992. The molecule has 58 heavy (non-hydrogen) atoms. The van der Waals surface area contributed by atoms with Crippen LogP contribution in [0.5, 0.6) is 11.5 Å². The number of halogens is 2. The minimum Gasteiger partial charge on any atom is -0.496 e. The number of hydrogen-bond donors (Lipinski definition) is 1. The Kier molecular flexibility index (Phi) is 10.1. The number of imide groups is 1. The number of hydrogen-bond acceptors (Lipinski definition) is 8. The second-order valence-electron chi connectivity index (χ2n) is 15.9. The minimum absolute atomic E-state index is 0.0643. The van der Waals surface area contributed by atoms with Gasteiger partial charge >= 0.3 is 5.69 Å². The molecule has 2 aromatic heterocycles. The summed E-state index contributed by atoms with van der Waals surface area (Å²) in [4.78, 5) is 54.3. The molecule has 12 nitrogen and oxygen atoms in total. The van der Waals surface area contributed by atoms with Crippen LogP contribution in [-0.4, -0.2) is 81.1 Å². The van der Waals surface area contributed by atoms with Crippen molar-refractivity contribution in [2.75, 3.05) is 33.9 Å². The SMILES string of the molecule is COc1cc(-c2cn(C)c(=O)c(C)c2C)cc(OC)c1CN1CC[C@@H](N2CCc3cc(-c4cccc5c4n(C)c(=O)n5[C@@H]4CCC(=O)NC4=O)ccc3C2)C(F)(F)C1. The number of amides is 2. The van der Waals surface area contributed by atoms with Gasteiger partial charge in [-0.1, -0.05) is 30.3 Å². The van der Waals surface area contributed by atoms with Gasteiger partial charge in [0.05, 0.1) is 43.4 Å². The third kappa shape index (κ3) is 6.71. The molecule has 14 heteroatoms. The Hall–Kier alpha value is -5.60. The topological polar surface area (TPSA) is 120 Å². The number of fused-ring (bicyclic) bond motifs is 2. The van der Waals surface area contributed by atoms with Crippen molar-refractivity contribution < 1.29 is 27.8 Å². The van der Waals surface area contributed by atoms with E-state index in [1.165, 1.54) is 4.57 Å². The average Bonchev–Trinajstić information content (AvgIpc) is 3.46. The normalized spacial score (nSPS) is 19.9. The first-order chi connectivity index (χ1) is 27.7. The summed E-state index contributed by atoms with van der Waals surface area (Å²) in [5.41, 5.74) is 8.54. The van der Waals surface area contributed by atoms with Crippen LogP contribution in [-0.2, 0) is 43.2 Å². The van der Waals surface area contributed by atoms with Crippen LogP contribution in [0.2, 0.25) is 0 Å². The van der Waals surface area contributed by atoms with Crippen LogP contribution in [0.25, 0.3) is 33.3 Å². The zero-order valence-electron chi connectivity index (χ0n) is 33.7. The smallest absolute Gasteiger partial charge is 0.329 e. The summed E-state index contributed by atoms with van der Waals surface area (Å²) < 4.78 is 48.6. The van der Waals surface area contributed by atoms with E-state index in [0.717, 1.165) is 38.9 Å². The Morgan fingerprint density at radius 1 is 0.845 bits per heavy atom. The number of pyridine rings is 1. The molecule has 3 aliphatic rings. The Labute approximate surface area is 334 Å². The van der Waals surface area contributed by atoms with Crippen LogP contribution >= 0.6 is 0 Å². The molecule has 8 rings (SSSR count). The highest BCUT2D eigenvalue weighted by atomic mass is 19.3. The number of nitrogens with one attached hydrogen (secondary N) is 1. The van der Waals surface area contributed by atoms with Crippen LogP contribution in [0.3, 0.4) is 0 Å². The Bertz CT molecular complexity index is 2580. The number of piperidine rings is 2. The maximum atomic E-state index is 16.2. The van der Waals surface area contributed by atoms with E-state index in [9.17, 15) is 19.2 Å². The lowest BCUT2D eigenvalue weighted by molar-refractivity contribution is -0.135. The van der Waals surface area contributed by atoms with Crippen LogP contribution < -0.4 is 26.0 Å². The van der Waals surface area contributed by atoms with Crippen molar-refractivity contribution in [3.05, 3.63) is 103 Å². The van der Waals surface area contributed by atoms with Crippen molar-refractivity contribution in [2.24, 2.45) is 14.1 Å². The largest absolute Gasteiger partial charge is 0.496 e. The molecule has 304 valence electrons. The first-order valence-corrected chi connectivity index (χ1v) is 19.6. The van der Waals surface area contributed by atoms with Crippen molar-refractivity contribution in [1.29, 1.82) is 0 Å². The lowest BCUT2D eigenvalue weighted by Gasteiger charge is -2.45. The fourth-order valence-electron chi connectivity index (χ4n) is 9.28. The molecule has 0 aliphatic carbocycles. The third-order valence-electron chi connectivity index (χ3n) is 12.5. The molecule has 0 unspecified atom stereocenters. The lowest BCUT2D eigenvalue weighted by Crippen LogP contribution is -2.58. The molecule has 5 aromatic rings. The molecule has 1 N–H and O–H groups in total. The zero-order chi connectivity index (χ0) is 41.2. The van der Waals surface area contributed by atoms with E-state index in [4.69, 9.17) is 9.47 Å². The van der Waals surface area contributed by atoms with Gasteiger partial charge in [0.2, 0.25) is 11.8 Å². The van der Waals surface area contributed by atoms with E-state index in [0.29, 0.717) is 66.1 Å². The fraction of sp³-hybridized carbons (Fsp3) is 0.409. The van der Waals surface area contributed by atoms with Crippen molar-refractivity contribution in [1.82, 2.24) is 28.8 Å². The molecular weight excluding hydrogens is 747 g/mol. The van der Waals surface area contributed by atoms with Gasteiger partial charge in [-0.05, 0) is 79.1 Å². The average molecular weight is 795 g/mol. The number of alkyl halides is 2. The van der Waals surface area contributed by atoms with E-state index in [1.807, 2.05) is 54.3 Å². The van der Waals surface area contributed by atoms with E-state index in [2.05, 4.69) is 11.4 Å². The number of imidazole rings is 1. The van der Waals surface area contributed by atoms with E-state index in [-0.39, 0.29) is 36.5 Å². The molecule has 0 spiro atoms. The van der Waals surface area contributed by atoms with Gasteiger partial charge in [0, 0.05) is 69.6 Å². The molecule has 3 aromatic carbocycles. The summed E-state index contributed by atoms with van der Waals surface area (Å²) in [5, 5.41) is 2.36. The van der Waals surface area contributed by atoms with Gasteiger partial charge in [0.15, 0.2) is 0 Å². The monoisotopic (exact) mass is 794 g/mol. The second-order valence-corrected chi connectivity index (χ2v) is 15.9. The lowest BCUT2D eigenvalue weighted by atomic mass is 9.91. The number of methoxy groups -OCH3 is 2. The van der Waals surface area contributed by atoms with Gasteiger partial charge in [-0.15, -0.1) is 0 Å². The van der Waals surface area contributed by atoms with Crippen molar-refractivity contribution in [3.8, 4) is 33.8 Å². The second kappa shape index (κ2) is 15.0. The van der Waals surface area contributed by atoms with Crippen molar-refractivity contribution >= 4 is 22.8 Å². The summed E-state index contributed by atoms with van der Waals surface area (Å²) in [6, 6.07) is 13.7. The quantitative estimate of drug-likeness (QED) is 0.212.